The highest BCUT2D eigenvalue weighted by atomic mass is 16.5. The molecule has 26 heavy (non-hydrogen) atoms. The average molecular weight is 353 g/mol. The molecule has 1 fully saturated rings. The fourth-order valence-electron chi connectivity index (χ4n) is 3.18. The summed E-state index contributed by atoms with van der Waals surface area (Å²) in [5.74, 6) is 0.905. The van der Waals surface area contributed by atoms with Crippen LogP contribution in [0.4, 0.5) is 4.79 Å². The van der Waals surface area contributed by atoms with Crippen molar-refractivity contribution in [3.63, 3.8) is 0 Å². The summed E-state index contributed by atoms with van der Waals surface area (Å²) < 4.78 is 5.28. The molecule has 1 aliphatic heterocycles. The number of amides is 2. The van der Waals surface area contributed by atoms with Gasteiger partial charge in [0.2, 0.25) is 0 Å². The van der Waals surface area contributed by atoms with E-state index in [1.54, 1.807) is 7.11 Å². The lowest BCUT2D eigenvalue weighted by Gasteiger charge is -2.34. The van der Waals surface area contributed by atoms with Gasteiger partial charge < -0.3 is 15.0 Å². The summed E-state index contributed by atoms with van der Waals surface area (Å²) in [5.41, 5.74) is 2.41. The zero-order valence-electron chi connectivity index (χ0n) is 15.4. The summed E-state index contributed by atoms with van der Waals surface area (Å²) in [6.45, 7) is 4.98. The van der Waals surface area contributed by atoms with Crippen LogP contribution >= 0.6 is 0 Å². The lowest BCUT2D eigenvalue weighted by atomic mass is 10.1. The topological polar surface area (TPSA) is 44.8 Å². The predicted molar refractivity (Wildman–Crippen MR) is 103 cm³/mol. The fourth-order valence-corrected chi connectivity index (χ4v) is 3.18. The molecule has 2 aromatic carbocycles. The van der Waals surface area contributed by atoms with Gasteiger partial charge in [0.1, 0.15) is 5.75 Å². The minimum absolute atomic E-state index is 0.0290. The smallest absolute Gasteiger partial charge is 0.317 e. The van der Waals surface area contributed by atoms with Gasteiger partial charge in [-0.25, -0.2) is 4.79 Å². The van der Waals surface area contributed by atoms with Crippen LogP contribution in [0.1, 0.15) is 11.1 Å². The molecule has 0 radical (unpaired) electrons. The number of benzene rings is 2. The lowest BCUT2D eigenvalue weighted by Crippen LogP contribution is -2.51. The minimum atomic E-state index is 0.0290. The number of hydrogen-bond donors (Lipinski definition) is 1. The number of rotatable bonds is 6. The highest BCUT2D eigenvalue weighted by Gasteiger charge is 2.20. The Morgan fingerprint density at radius 1 is 1.00 bits per heavy atom. The van der Waals surface area contributed by atoms with Crippen LogP contribution in [0.25, 0.3) is 0 Å². The molecule has 0 saturated carbocycles. The second-order valence-electron chi connectivity index (χ2n) is 6.57. The minimum Gasteiger partial charge on any atom is -0.497 e. The molecular formula is C21H27N3O2. The summed E-state index contributed by atoms with van der Waals surface area (Å²) in [6.07, 6.45) is 0.997. The number of nitrogens with zero attached hydrogens (tertiary/aromatic N) is 2. The molecule has 1 N–H and O–H groups in total. The van der Waals surface area contributed by atoms with Crippen molar-refractivity contribution in [2.45, 2.75) is 13.0 Å². The van der Waals surface area contributed by atoms with Crippen LogP contribution in [-0.4, -0.2) is 55.7 Å². The molecule has 138 valence electrons. The summed E-state index contributed by atoms with van der Waals surface area (Å²) in [6, 6.07) is 18.3. The second kappa shape index (κ2) is 9.25. The number of hydrogen-bond acceptors (Lipinski definition) is 3. The van der Waals surface area contributed by atoms with Crippen LogP contribution in [0.15, 0.2) is 54.6 Å². The van der Waals surface area contributed by atoms with Crippen molar-refractivity contribution in [2.75, 3.05) is 39.8 Å². The standard InChI is InChI=1S/C21H27N3O2/c1-26-20-9-5-8-18(16-20)10-11-23-12-14-24(15-13-23)21(25)22-17-19-6-3-2-4-7-19/h2-9,16H,10-15,17H2,1H3,(H,22,25). The molecule has 5 nitrogen and oxygen atoms in total. The van der Waals surface area contributed by atoms with E-state index in [0.717, 1.165) is 50.5 Å². The molecule has 1 aliphatic rings. The molecule has 0 aliphatic carbocycles. The number of ether oxygens (including phenoxy) is 1. The summed E-state index contributed by atoms with van der Waals surface area (Å²) >= 11 is 0. The van der Waals surface area contributed by atoms with Gasteiger partial charge in [0.05, 0.1) is 7.11 Å². The molecule has 5 heteroatoms. The van der Waals surface area contributed by atoms with Gasteiger partial charge in [-0.1, -0.05) is 42.5 Å². The van der Waals surface area contributed by atoms with E-state index < -0.39 is 0 Å². The number of urea groups is 1. The van der Waals surface area contributed by atoms with Crippen molar-refractivity contribution in [2.24, 2.45) is 0 Å². The first-order valence-corrected chi connectivity index (χ1v) is 9.16. The van der Waals surface area contributed by atoms with Gasteiger partial charge >= 0.3 is 6.03 Å². The Morgan fingerprint density at radius 3 is 2.46 bits per heavy atom. The van der Waals surface area contributed by atoms with E-state index in [1.807, 2.05) is 47.4 Å². The lowest BCUT2D eigenvalue weighted by molar-refractivity contribution is 0.140. The normalized spacial score (nSPS) is 14.9. The maximum atomic E-state index is 12.3. The van der Waals surface area contributed by atoms with Crippen LogP contribution in [0.5, 0.6) is 5.75 Å². The Balaban J connectivity index is 1.38. The number of nitrogens with one attached hydrogen (secondary N) is 1. The first-order valence-electron chi connectivity index (χ1n) is 9.16. The Kier molecular flexibility index (Phi) is 6.50. The van der Waals surface area contributed by atoms with Crippen molar-refractivity contribution in [3.8, 4) is 5.75 Å². The molecular weight excluding hydrogens is 326 g/mol. The number of carbonyl (C=O) groups is 1. The van der Waals surface area contributed by atoms with Crippen molar-refractivity contribution in [1.29, 1.82) is 0 Å². The van der Waals surface area contributed by atoms with Crippen molar-refractivity contribution < 1.29 is 9.53 Å². The maximum absolute atomic E-state index is 12.3. The number of carbonyl (C=O) groups excluding carboxylic acids is 1. The number of methoxy groups -OCH3 is 1. The first-order chi connectivity index (χ1) is 12.7. The van der Waals surface area contributed by atoms with Gasteiger partial charge in [-0.2, -0.15) is 0 Å². The van der Waals surface area contributed by atoms with E-state index in [-0.39, 0.29) is 6.03 Å². The Bertz CT molecular complexity index is 697. The molecule has 0 aromatic heterocycles. The molecule has 1 saturated heterocycles. The molecule has 1 heterocycles. The summed E-state index contributed by atoms with van der Waals surface area (Å²) in [4.78, 5) is 16.6. The summed E-state index contributed by atoms with van der Waals surface area (Å²) in [5, 5.41) is 3.01. The van der Waals surface area contributed by atoms with Crippen LogP contribution in [-0.2, 0) is 13.0 Å². The molecule has 2 aromatic rings. The van der Waals surface area contributed by atoms with E-state index in [1.165, 1.54) is 5.56 Å². The van der Waals surface area contributed by atoms with Crippen molar-refractivity contribution >= 4 is 6.03 Å². The molecule has 0 spiro atoms. The van der Waals surface area contributed by atoms with Crippen molar-refractivity contribution in [1.82, 2.24) is 15.1 Å². The molecule has 0 unspecified atom stereocenters. The van der Waals surface area contributed by atoms with Crippen LogP contribution in [0, 0.1) is 0 Å². The van der Waals surface area contributed by atoms with Gasteiger partial charge in [-0.15, -0.1) is 0 Å². The SMILES string of the molecule is COc1cccc(CCN2CCN(C(=O)NCc3ccccc3)CC2)c1. The fraction of sp³-hybridized carbons (Fsp3) is 0.381. The highest BCUT2D eigenvalue weighted by molar-refractivity contribution is 5.74. The quantitative estimate of drug-likeness (QED) is 0.869. The Morgan fingerprint density at radius 2 is 1.73 bits per heavy atom. The van der Waals surface area contributed by atoms with Gasteiger partial charge in [-0.05, 0) is 29.7 Å². The van der Waals surface area contributed by atoms with E-state index >= 15 is 0 Å². The van der Waals surface area contributed by atoms with E-state index in [4.69, 9.17) is 4.74 Å². The van der Waals surface area contributed by atoms with Gasteiger partial charge in [0, 0.05) is 39.3 Å². The zero-order valence-corrected chi connectivity index (χ0v) is 15.4. The third-order valence-corrected chi connectivity index (χ3v) is 4.80. The Hall–Kier alpha value is -2.53. The molecule has 3 rings (SSSR count). The third-order valence-electron chi connectivity index (χ3n) is 4.80. The molecule has 0 atom stereocenters. The highest BCUT2D eigenvalue weighted by Crippen LogP contribution is 2.14. The van der Waals surface area contributed by atoms with E-state index in [9.17, 15) is 4.79 Å². The van der Waals surface area contributed by atoms with Crippen LogP contribution < -0.4 is 10.1 Å². The van der Waals surface area contributed by atoms with Crippen LogP contribution in [0.2, 0.25) is 0 Å². The van der Waals surface area contributed by atoms with Gasteiger partial charge in [0.15, 0.2) is 0 Å². The summed E-state index contributed by atoms with van der Waals surface area (Å²) in [7, 11) is 1.70. The van der Waals surface area contributed by atoms with Crippen LogP contribution in [0.3, 0.4) is 0 Å². The maximum Gasteiger partial charge on any atom is 0.317 e. The van der Waals surface area contributed by atoms with E-state index in [2.05, 4.69) is 22.3 Å². The molecule has 2 amide bonds. The Labute approximate surface area is 155 Å². The zero-order chi connectivity index (χ0) is 18.2. The predicted octanol–water partition coefficient (Wildman–Crippen LogP) is 2.77. The van der Waals surface area contributed by atoms with Crippen molar-refractivity contribution in [3.05, 3.63) is 65.7 Å². The van der Waals surface area contributed by atoms with Gasteiger partial charge in [0.25, 0.3) is 0 Å². The third kappa shape index (κ3) is 5.23. The molecule has 0 bridgehead atoms. The average Bonchev–Trinajstić information content (AvgIpc) is 2.72. The monoisotopic (exact) mass is 353 g/mol. The van der Waals surface area contributed by atoms with E-state index in [0.29, 0.717) is 6.54 Å². The second-order valence-corrected chi connectivity index (χ2v) is 6.57. The first kappa shape index (κ1) is 18.3. The number of piperazine rings is 1. The van der Waals surface area contributed by atoms with Gasteiger partial charge in [-0.3, -0.25) is 4.90 Å². The largest absolute Gasteiger partial charge is 0.497 e.